The van der Waals surface area contributed by atoms with E-state index in [-0.39, 0.29) is 18.1 Å². The molecule has 2 N–H and O–H groups in total. The highest BCUT2D eigenvalue weighted by Gasteiger charge is 2.35. The van der Waals surface area contributed by atoms with Crippen LogP contribution in [-0.2, 0) is 11.2 Å². The second-order valence-corrected chi connectivity index (χ2v) is 10.1. The van der Waals surface area contributed by atoms with E-state index in [1.807, 2.05) is 69.3 Å². The first-order valence-electron chi connectivity index (χ1n) is 12.5. The van der Waals surface area contributed by atoms with E-state index < -0.39 is 0 Å². The fourth-order valence-electron chi connectivity index (χ4n) is 4.66. The molecule has 1 amide bonds. The topological polar surface area (TPSA) is 92.6 Å². The van der Waals surface area contributed by atoms with E-state index in [0.717, 1.165) is 40.0 Å². The average molecular weight is 523 g/mol. The van der Waals surface area contributed by atoms with Crippen molar-refractivity contribution in [2.45, 2.75) is 33.2 Å². The van der Waals surface area contributed by atoms with Crippen LogP contribution in [-0.4, -0.2) is 47.4 Å². The van der Waals surface area contributed by atoms with Crippen molar-refractivity contribution in [2.24, 2.45) is 5.92 Å². The number of carbonyl (C=O) groups is 1. The van der Waals surface area contributed by atoms with Crippen LogP contribution in [0, 0.1) is 12.8 Å². The molecule has 8 nitrogen and oxygen atoms in total. The van der Waals surface area contributed by atoms with Crippen molar-refractivity contribution in [3.05, 3.63) is 76.1 Å². The van der Waals surface area contributed by atoms with E-state index >= 15 is 0 Å². The Morgan fingerprint density at radius 2 is 2.05 bits per heavy atom. The summed E-state index contributed by atoms with van der Waals surface area (Å²) >= 11 is 6.30. The van der Waals surface area contributed by atoms with Crippen LogP contribution in [0.3, 0.4) is 0 Å². The van der Waals surface area contributed by atoms with Gasteiger partial charge in [-0.15, -0.1) is 0 Å². The summed E-state index contributed by atoms with van der Waals surface area (Å²) in [4.78, 5) is 18.5. The van der Waals surface area contributed by atoms with Crippen LogP contribution >= 0.6 is 11.6 Å². The minimum absolute atomic E-state index is 0.261. The van der Waals surface area contributed by atoms with Crippen molar-refractivity contribution in [3.8, 4) is 5.75 Å². The Bertz CT molecular complexity index is 1380. The van der Waals surface area contributed by atoms with Gasteiger partial charge in [-0.2, -0.15) is 0 Å². The molecule has 0 fully saturated rings. The molecule has 0 bridgehead atoms. The molecule has 9 heteroatoms. The summed E-state index contributed by atoms with van der Waals surface area (Å²) in [5, 5.41) is 8.78. The van der Waals surface area contributed by atoms with Gasteiger partial charge >= 0.3 is 6.09 Å². The molecule has 4 aromatic rings. The number of fused-ring (bicyclic) bond motifs is 3. The molecular weight excluding hydrogens is 492 g/mol. The van der Waals surface area contributed by atoms with E-state index in [2.05, 4.69) is 15.5 Å². The highest BCUT2D eigenvalue weighted by atomic mass is 35.5. The highest BCUT2D eigenvalue weighted by molar-refractivity contribution is 6.31. The number of benzene rings is 2. The van der Waals surface area contributed by atoms with Gasteiger partial charge in [0.05, 0.1) is 18.8 Å². The Labute approximate surface area is 220 Å². The van der Waals surface area contributed by atoms with Gasteiger partial charge in [-0.3, -0.25) is 4.90 Å². The minimum atomic E-state index is -0.310. The number of rotatable bonds is 8. The third-order valence-corrected chi connectivity index (χ3v) is 6.59. The van der Waals surface area contributed by atoms with Crippen molar-refractivity contribution in [1.29, 1.82) is 0 Å². The van der Waals surface area contributed by atoms with Gasteiger partial charge in [0, 0.05) is 34.2 Å². The van der Waals surface area contributed by atoms with Gasteiger partial charge in [0.25, 0.3) is 0 Å². The second kappa shape index (κ2) is 10.8. The number of nitrogens with zero attached hydrogens (tertiary/aromatic N) is 2. The van der Waals surface area contributed by atoms with E-state index in [1.165, 1.54) is 5.56 Å². The summed E-state index contributed by atoms with van der Waals surface area (Å²) in [6.45, 7) is 7.91. The van der Waals surface area contributed by atoms with Gasteiger partial charge in [0.2, 0.25) is 5.88 Å². The van der Waals surface area contributed by atoms with E-state index in [9.17, 15) is 4.79 Å². The number of ether oxygens (including phenoxy) is 2. The molecule has 0 radical (unpaired) electrons. The normalized spacial score (nSPS) is 15.2. The largest absolute Gasteiger partial charge is 0.492 e. The lowest BCUT2D eigenvalue weighted by atomic mass is 9.92. The molecule has 2 aromatic carbocycles. The number of aryl methyl sites for hydroxylation is 1. The van der Waals surface area contributed by atoms with Crippen LogP contribution in [0.15, 0.2) is 53.1 Å². The average Bonchev–Trinajstić information content (AvgIpc) is 3.47. The molecule has 3 heterocycles. The van der Waals surface area contributed by atoms with Crippen molar-refractivity contribution in [3.63, 3.8) is 0 Å². The number of aromatic nitrogens is 2. The first-order valence-corrected chi connectivity index (χ1v) is 12.9. The van der Waals surface area contributed by atoms with Crippen LogP contribution in [0.1, 0.15) is 42.4 Å². The zero-order chi connectivity index (χ0) is 25.9. The summed E-state index contributed by atoms with van der Waals surface area (Å²) in [7, 11) is 0. The molecule has 0 saturated carbocycles. The van der Waals surface area contributed by atoms with Crippen LogP contribution in [0.5, 0.6) is 5.75 Å². The Morgan fingerprint density at radius 1 is 1.24 bits per heavy atom. The molecule has 2 aromatic heterocycles. The van der Waals surface area contributed by atoms with Crippen molar-refractivity contribution in [2.75, 3.05) is 31.6 Å². The number of hydrogen-bond acceptors (Lipinski definition) is 6. The molecule has 37 heavy (non-hydrogen) atoms. The summed E-state index contributed by atoms with van der Waals surface area (Å²) in [6.07, 6.45) is 0.414. The van der Waals surface area contributed by atoms with Crippen molar-refractivity contribution >= 4 is 34.5 Å². The van der Waals surface area contributed by atoms with E-state index in [1.54, 1.807) is 4.90 Å². The standard InChI is InChI=1S/C28H31ClN4O4/c1-17(2)16-36-28(34)33-12-10-22-23-15-20(29)6-9-24(23)31-26(22)27(33)19-4-7-21(8-5-19)35-13-11-30-25-14-18(3)32-37-25/h4-9,14-15,17,27,30-31H,10-13,16H2,1-3H3. The van der Waals surface area contributed by atoms with Crippen molar-refractivity contribution < 1.29 is 18.8 Å². The number of aromatic amines is 1. The number of H-pyrrole nitrogens is 1. The van der Waals surface area contributed by atoms with Gasteiger partial charge < -0.3 is 24.3 Å². The monoisotopic (exact) mass is 522 g/mol. The molecular formula is C28H31ClN4O4. The Balaban J connectivity index is 1.36. The van der Waals surface area contributed by atoms with E-state index in [4.69, 9.17) is 25.6 Å². The molecule has 1 atom stereocenters. The lowest BCUT2D eigenvalue weighted by molar-refractivity contribution is 0.0797. The Kier molecular flexibility index (Phi) is 7.28. The van der Waals surface area contributed by atoms with Gasteiger partial charge in [-0.05, 0) is 60.7 Å². The molecule has 0 spiro atoms. The predicted octanol–water partition coefficient (Wildman–Crippen LogP) is 6.35. The predicted molar refractivity (Wildman–Crippen MR) is 143 cm³/mol. The van der Waals surface area contributed by atoms with Crippen LogP contribution < -0.4 is 10.1 Å². The summed E-state index contributed by atoms with van der Waals surface area (Å²) < 4.78 is 16.7. The van der Waals surface area contributed by atoms with Gasteiger partial charge in [0.15, 0.2) is 0 Å². The molecule has 0 saturated heterocycles. The number of halogens is 1. The Morgan fingerprint density at radius 3 is 2.78 bits per heavy atom. The summed E-state index contributed by atoms with van der Waals surface area (Å²) in [5.74, 6) is 1.62. The second-order valence-electron chi connectivity index (χ2n) is 9.70. The Hall–Kier alpha value is -3.65. The quantitative estimate of drug-likeness (QED) is 0.262. The number of hydrogen-bond donors (Lipinski definition) is 2. The molecule has 1 aliphatic heterocycles. The third-order valence-electron chi connectivity index (χ3n) is 6.36. The van der Waals surface area contributed by atoms with E-state index in [0.29, 0.717) is 37.2 Å². The highest BCUT2D eigenvalue weighted by Crippen LogP contribution is 2.39. The van der Waals surface area contributed by atoms with Gasteiger partial charge in [-0.25, -0.2) is 4.79 Å². The fraction of sp³-hybridized carbons (Fsp3) is 0.357. The number of nitrogens with one attached hydrogen (secondary N) is 2. The minimum Gasteiger partial charge on any atom is -0.492 e. The van der Waals surface area contributed by atoms with Gasteiger partial charge in [-0.1, -0.05) is 42.7 Å². The molecule has 194 valence electrons. The number of anilines is 1. The molecule has 1 unspecified atom stereocenters. The lowest BCUT2D eigenvalue weighted by Gasteiger charge is -2.35. The van der Waals surface area contributed by atoms with Crippen molar-refractivity contribution in [1.82, 2.24) is 15.0 Å². The fourth-order valence-corrected chi connectivity index (χ4v) is 4.83. The SMILES string of the molecule is Cc1cc(NCCOc2ccc(C3c4[nH]c5ccc(Cl)cc5c4CCN3C(=O)OCC(C)C)cc2)on1. The zero-order valence-corrected chi connectivity index (χ0v) is 22.0. The van der Waals surface area contributed by atoms with Gasteiger partial charge in [0.1, 0.15) is 18.4 Å². The summed E-state index contributed by atoms with van der Waals surface area (Å²) in [6, 6.07) is 15.2. The lowest BCUT2D eigenvalue weighted by Crippen LogP contribution is -2.41. The number of carbonyl (C=O) groups excluding carboxylic acids is 1. The van der Waals surface area contributed by atoms with Crippen LogP contribution in [0.2, 0.25) is 5.02 Å². The maximum absolute atomic E-state index is 13.2. The zero-order valence-electron chi connectivity index (χ0n) is 21.2. The molecule has 5 rings (SSSR count). The summed E-state index contributed by atoms with van der Waals surface area (Å²) in [5.41, 5.74) is 4.98. The first kappa shape index (κ1) is 25.0. The first-order chi connectivity index (χ1) is 17.9. The molecule has 1 aliphatic rings. The third kappa shape index (κ3) is 5.54. The maximum Gasteiger partial charge on any atom is 0.410 e. The molecule has 0 aliphatic carbocycles. The van der Waals surface area contributed by atoms with Crippen LogP contribution in [0.4, 0.5) is 10.7 Å². The smallest absolute Gasteiger partial charge is 0.410 e. The maximum atomic E-state index is 13.2. The number of amides is 1. The van der Waals surface area contributed by atoms with Crippen LogP contribution in [0.25, 0.3) is 10.9 Å².